The quantitative estimate of drug-likeness (QED) is 0.522. The number of hydrogen-bond acceptors (Lipinski definition) is 5. The summed E-state index contributed by atoms with van der Waals surface area (Å²) in [5.41, 5.74) is 4.51. The highest BCUT2D eigenvalue weighted by molar-refractivity contribution is 5.96. The third-order valence-corrected chi connectivity index (χ3v) is 3.41. The summed E-state index contributed by atoms with van der Waals surface area (Å²) in [5, 5.41) is 16.0. The van der Waals surface area contributed by atoms with E-state index in [0.29, 0.717) is 23.5 Å². The van der Waals surface area contributed by atoms with E-state index in [-0.39, 0.29) is 18.2 Å². The van der Waals surface area contributed by atoms with E-state index in [4.69, 9.17) is 4.74 Å². The lowest BCUT2D eigenvalue weighted by molar-refractivity contribution is -0.120. The van der Waals surface area contributed by atoms with Crippen LogP contribution in [0.2, 0.25) is 0 Å². The van der Waals surface area contributed by atoms with E-state index in [2.05, 4.69) is 15.8 Å². The molecule has 0 aliphatic carbocycles. The molecule has 3 N–H and O–H groups in total. The number of phenolic OH excluding ortho intramolecular Hbond substituents is 1. The Balaban J connectivity index is 1.83. The number of nitrogens with zero attached hydrogens (tertiary/aromatic N) is 1. The maximum atomic E-state index is 11.9. The Morgan fingerprint density at radius 3 is 2.62 bits per heavy atom. The van der Waals surface area contributed by atoms with Crippen LogP contribution >= 0.6 is 0 Å². The molecule has 0 unspecified atom stereocenters. The SMILES string of the molecule is CCOc1cc(/C=N/NC(=O)CNC(=O)c2ccc(C)cc2)ccc1O. The van der Waals surface area contributed by atoms with Crippen LogP contribution in [0.15, 0.2) is 47.6 Å². The molecule has 0 atom stereocenters. The Morgan fingerprint density at radius 1 is 1.19 bits per heavy atom. The number of carbonyl (C=O) groups is 2. The van der Waals surface area contributed by atoms with Crippen LogP contribution in [0.25, 0.3) is 0 Å². The molecule has 7 heteroatoms. The minimum atomic E-state index is -0.453. The molecule has 0 saturated carbocycles. The molecule has 0 radical (unpaired) electrons. The van der Waals surface area contributed by atoms with Gasteiger partial charge in [0.25, 0.3) is 11.8 Å². The summed E-state index contributed by atoms with van der Waals surface area (Å²) in [6.45, 7) is 3.97. The number of carbonyl (C=O) groups excluding carboxylic acids is 2. The van der Waals surface area contributed by atoms with E-state index in [1.807, 2.05) is 26.0 Å². The van der Waals surface area contributed by atoms with Gasteiger partial charge in [-0.25, -0.2) is 5.43 Å². The first-order valence-corrected chi connectivity index (χ1v) is 8.12. The Morgan fingerprint density at radius 2 is 1.92 bits per heavy atom. The van der Waals surface area contributed by atoms with Crippen LogP contribution < -0.4 is 15.5 Å². The van der Waals surface area contributed by atoms with Crippen molar-refractivity contribution in [1.29, 1.82) is 0 Å². The zero-order chi connectivity index (χ0) is 18.9. The third-order valence-electron chi connectivity index (χ3n) is 3.41. The highest BCUT2D eigenvalue weighted by Crippen LogP contribution is 2.26. The summed E-state index contributed by atoms with van der Waals surface area (Å²) in [7, 11) is 0. The normalized spacial score (nSPS) is 10.5. The highest BCUT2D eigenvalue weighted by Gasteiger charge is 2.07. The van der Waals surface area contributed by atoms with Gasteiger partial charge in [-0.15, -0.1) is 0 Å². The van der Waals surface area contributed by atoms with Gasteiger partial charge in [-0.05, 0) is 49.7 Å². The fraction of sp³-hybridized carbons (Fsp3) is 0.211. The molecule has 2 aromatic rings. The molecule has 2 rings (SSSR count). The van der Waals surface area contributed by atoms with Crippen molar-refractivity contribution in [3.05, 3.63) is 59.2 Å². The first-order chi connectivity index (χ1) is 12.5. The lowest BCUT2D eigenvalue weighted by atomic mass is 10.1. The predicted octanol–water partition coefficient (Wildman–Crippen LogP) is 1.98. The molecule has 0 heterocycles. The predicted molar refractivity (Wildman–Crippen MR) is 98.5 cm³/mol. The first kappa shape index (κ1) is 19.0. The van der Waals surface area contributed by atoms with E-state index in [9.17, 15) is 14.7 Å². The monoisotopic (exact) mass is 355 g/mol. The van der Waals surface area contributed by atoms with Crippen molar-refractivity contribution in [2.75, 3.05) is 13.2 Å². The van der Waals surface area contributed by atoms with Crippen LogP contribution in [0.1, 0.15) is 28.4 Å². The standard InChI is InChI=1S/C19H21N3O4/c1-3-26-17-10-14(6-9-16(17)23)11-21-22-18(24)12-20-19(25)15-7-4-13(2)5-8-15/h4-11,23H,3,12H2,1-2H3,(H,20,25)(H,22,24)/b21-11+. The van der Waals surface area contributed by atoms with Crippen molar-refractivity contribution < 1.29 is 19.4 Å². The van der Waals surface area contributed by atoms with Gasteiger partial charge >= 0.3 is 0 Å². The maximum absolute atomic E-state index is 11.9. The Labute approximate surface area is 151 Å². The van der Waals surface area contributed by atoms with Gasteiger partial charge in [0, 0.05) is 5.56 Å². The smallest absolute Gasteiger partial charge is 0.259 e. The number of aryl methyl sites for hydroxylation is 1. The summed E-state index contributed by atoms with van der Waals surface area (Å²) in [5.74, 6) is -0.408. The van der Waals surface area contributed by atoms with Crippen LogP contribution in [0.3, 0.4) is 0 Å². The molecule has 26 heavy (non-hydrogen) atoms. The summed E-state index contributed by atoms with van der Waals surface area (Å²) in [4.78, 5) is 23.7. The molecule has 7 nitrogen and oxygen atoms in total. The number of ether oxygens (including phenoxy) is 1. The Bertz CT molecular complexity index is 801. The van der Waals surface area contributed by atoms with Crippen LogP contribution in [0, 0.1) is 6.92 Å². The Kier molecular flexibility index (Phi) is 6.73. The van der Waals surface area contributed by atoms with Gasteiger partial charge in [-0.3, -0.25) is 9.59 Å². The number of benzene rings is 2. The van der Waals surface area contributed by atoms with Crippen LogP contribution in [0.4, 0.5) is 0 Å². The van der Waals surface area contributed by atoms with E-state index in [1.165, 1.54) is 12.3 Å². The second kappa shape index (κ2) is 9.22. The average molecular weight is 355 g/mol. The number of nitrogens with one attached hydrogen (secondary N) is 2. The molecule has 2 aromatic carbocycles. The summed E-state index contributed by atoms with van der Waals surface area (Å²) < 4.78 is 5.27. The van der Waals surface area contributed by atoms with Crippen molar-refractivity contribution in [1.82, 2.24) is 10.7 Å². The fourth-order valence-corrected chi connectivity index (χ4v) is 2.07. The number of hydrogen-bond donors (Lipinski definition) is 3. The second-order valence-corrected chi connectivity index (χ2v) is 5.50. The number of aromatic hydroxyl groups is 1. The van der Waals surface area contributed by atoms with Crippen molar-refractivity contribution in [3.8, 4) is 11.5 Å². The topological polar surface area (TPSA) is 100 Å². The van der Waals surface area contributed by atoms with E-state index >= 15 is 0 Å². The number of rotatable bonds is 7. The van der Waals surface area contributed by atoms with Crippen LogP contribution in [-0.4, -0.2) is 36.3 Å². The maximum Gasteiger partial charge on any atom is 0.259 e. The van der Waals surface area contributed by atoms with Crippen molar-refractivity contribution >= 4 is 18.0 Å². The molecular weight excluding hydrogens is 334 g/mol. The number of hydrazone groups is 1. The average Bonchev–Trinajstić information content (AvgIpc) is 2.63. The van der Waals surface area contributed by atoms with Gasteiger partial charge in [0.1, 0.15) is 0 Å². The number of phenols is 1. The lowest BCUT2D eigenvalue weighted by Gasteiger charge is -2.06. The molecule has 0 fully saturated rings. The first-order valence-electron chi connectivity index (χ1n) is 8.12. The third kappa shape index (κ3) is 5.62. The molecule has 0 spiro atoms. The van der Waals surface area contributed by atoms with Crippen LogP contribution in [-0.2, 0) is 4.79 Å². The van der Waals surface area contributed by atoms with Gasteiger partial charge in [0.2, 0.25) is 0 Å². The minimum absolute atomic E-state index is 0.0341. The highest BCUT2D eigenvalue weighted by atomic mass is 16.5. The van der Waals surface area contributed by atoms with Gasteiger partial charge in [-0.2, -0.15) is 5.10 Å². The van der Waals surface area contributed by atoms with E-state index in [0.717, 1.165) is 5.56 Å². The molecular formula is C19H21N3O4. The molecule has 136 valence electrons. The summed E-state index contributed by atoms with van der Waals surface area (Å²) >= 11 is 0. The molecule has 0 bridgehead atoms. The number of amides is 2. The summed E-state index contributed by atoms with van der Waals surface area (Å²) in [6.07, 6.45) is 1.42. The zero-order valence-electron chi connectivity index (χ0n) is 14.7. The van der Waals surface area contributed by atoms with E-state index in [1.54, 1.807) is 24.3 Å². The minimum Gasteiger partial charge on any atom is -0.504 e. The van der Waals surface area contributed by atoms with Gasteiger partial charge in [-0.1, -0.05) is 17.7 Å². The molecule has 0 saturated heterocycles. The Hall–Kier alpha value is -3.35. The van der Waals surface area contributed by atoms with Gasteiger partial charge in [0.15, 0.2) is 11.5 Å². The molecule has 0 aliphatic heterocycles. The van der Waals surface area contributed by atoms with Crippen molar-refractivity contribution in [2.45, 2.75) is 13.8 Å². The molecule has 0 aliphatic rings. The molecule has 0 aromatic heterocycles. The zero-order valence-corrected chi connectivity index (χ0v) is 14.7. The van der Waals surface area contributed by atoms with Gasteiger partial charge in [0.05, 0.1) is 19.4 Å². The molecule has 2 amide bonds. The second-order valence-electron chi connectivity index (χ2n) is 5.50. The van der Waals surface area contributed by atoms with Crippen LogP contribution in [0.5, 0.6) is 11.5 Å². The van der Waals surface area contributed by atoms with E-state index < -0.39 is 5.91 Å². The lowest BCUT2D eigenvalue weighted by Crippen LogP contribution is -2.34. The fourth-order valence-electron chi connectivity index (χ4n) is 2.07. The van der Waals surface area contributed by atoms with Gasteiger partial charge < -0.3 is 15.2 Å². The largest absolute Gasteiger partial charge is 0.504 e. The van der Waals surface area contributed by atoms with Crippen molar-refractivity contribution in [2.24, 2.45) is 5.10 Å². The summed E-state index contributed by atoms with van der Waals surface area (Å²) in [6, 6.07) is 11.8. The van der Waals surface area contributed by atoms with Crippen molar-refractivity contribution in [3.63, 3.8) is 0 Å².